The largest absolute Gasteiger partial charge is 0.489 e. The van der Waals surface area contributed by atoms with E-state index < -0.39 is 30.1 Å². The molecular formula is C14H16F3N3O3. The Balaban J connectivity index is 2.16. The summed E-state index contributed by atoms with van der Waals surface area (Å²) in [5, 5.41) is 2.99. The minimum absolute atomic E-state index is 0.0597. The molecule has 2 atom stereocenters. The molecule has 2 unspecified atom stereocenters. The van der Waals surface area contributed by atoms with Gasteiger partial charge in [0.25, 0.3) is 0 Å². The Morgan fingerprint density at radius 2 is 2.09 bits per heavy atom. The predicted molar refractivity (Wildman–Crippen MR) is 75.8 cm³/mol. The third kappa shape index (κ3) is 3.85. The van der Waals surface area contributed by atoms with Crippen LogP contribution in [0.2, 0.25) is 0 Å². The number of alkyl halides is 3. The van der Waals surface area contributed by atoms with Crippen LogP contribution in [0.25, 0.3) is 0 Å². The first-order chi connectivity index (χ1) is 10.7. The first kappa shape index (κ1) is 16.9. The van der Waals surface area contributed by atoms with Gasteiger partial charge < -0.3 is 20.7 Å². The minimum atomic E-state index is -5.09. The third-order valence-corrected chi connectivity index (χ3v) is 3.49. The lowest BCUT2D eigenvalue weighted by Gasteiger charge is -2.34. The monoisotopic (exact) mass is 331 g/mol. The second kappa shape index (κ2) is 6.35. The molecule has 1 aliphatic heterocycles. The zero-order valence-corrected chi connectivity index (χ0v) is 12.3. The summed E-state index contributed by atoms with van der Waals surface area (Å²) in [6.45, 7) is 0.852. The summed E-state index contributed by atoms with van der Waals surface area (Å²) in [6.07, 6.45) is -5.09. The van der Waals surface area contributed by atoms with Gasteiger partial charge in [0.05, 0.1) is 11.7 Å². The Hall–Kier alpha value is -2.45. The lowest BCUT2D eigenvalue weighted by molar-refractivity contribution is -0.188. The molecule has 9 heteroatoms. The number of primary amides is 1. The van der Waals surface area contributed by atoms with Crippen LogP contribution < -0.4 is 15.8 Å². The lowest BCUT2D eigenvalue weighted by Crippen LogP contribution is -2.55. The summed E-state index contributed by atoms with van der Waals surface area (Å²) in [7, 11) is 0. The van der Waals surface area contributed by atoms with Gasteiger partial charge in [0.1, 0.15) is 18.4 Å². The van der Waals surface area contributed by atoms with E-state index in [1.54, 1.807) is 24.3 Å². The number of nitrogens with zero attached hydrogens (tertiary/aromatic N) is 1. The molecule has 1 aromatic carbocycles. The topological polar surface area (TPSA) is 84.7 Å². The maximum atomic E-state index is 12.7. The van der Waals surface area contributed by atoms with E-state index in [9.17, 15) is 22.8 Å². The number of carbonyl (C=O) groups is 2. The fourth-order valence-electron chi connectivity index (χ4n) is 2.23. The predicted octanol–water partition coefficient (Wildman–Crippen LogP) is 1.12. The summed E-state index contributed by atoms with van der Waals surface area (Å²) in [4.78, 5) is 23.2. The molecule has 2 amide bonds. The first-order valence-electron chi connectivity index (χ1n) is 6.85. The van der Waals surface area contributed by atoms with Crippen molar-refractivity contribution in [3.8, 4) is 5.75 Å². The molecule has 0 bridgehead atoms. The molecular weight excluding hydrogens is 315 g/mol. The van der Waals surface area contributed by atoms with Crippen LogP contribution in [0.5, 0.6) is 5.75 Å². The average molecular weight is 331 g/mol. The number of fused-ring (bicyclic) bond motifs is 1. The van der Waals surface area contributed by atoms with Crippen molar-refractivity contribution in [2.45, 2.75) is 25.2 Å². The second-order valence-corrected chi connectivity index (χ2v) is 5.18. The number of hydrogen-bond donors (Lipinski definition) is 2. The van der Waals surface area contributed by atoms with E-state index in [-0.39, 0.29) is 13.2 Å². The maximum Gasteiger partial charge on any atom is 0.471 e. The SMILES string of the molecule is CC(C(N)=O)N(CC1COc2ccccc2N1)C(=O)C(F)(F)F. The van der Waals surface area contributed by atoms with E-state index in [0.717, 1.165) is 6.92 Å². The quantitative estimate of drug-likeness (QED) is 0.866. The highest BCUT2D eigenvalue weighted by atomic mass is 19.4. The van der Waals surface area contributed by atoms with Crippen LogP contribution in [0.1, 0.15) is 6.92 Å². The van der Waals surface area contributed by atoms with Gasteiger partial charge in [0, 0.05) is 6.54 Å². The molecule has 0 spiro atoms. The number of rotatable bonds is 4. The molecule has 2 rings (SSSR count). The Bertz CT molecular complexity index is 606. The van der Waals surface area contributed by atoms with Crippen LogP contribution in [0.4, 0.5) is 18.9 Å². The summed E-state index contributed by atoms with van der Waals surface area (Å²) in [6, 6.07) is 4.93. The molecule has 0 aliphatic carbocycles. The fraction of sp³-hybridized carbons (Fsp3) is 0.429. The van der Waals surface area contributed by atoms with Gasteiger partial charge in [-0.3, -0.25) is 9.59 Å². The molecule has 0 aromatic heterocycles. The van der Waals surface area contributed by atoms with E-state index in [2.05, 4.69) is 5.32 Å². The summed E-state index contributed by atoms with van der Waals surface area (Å²) < 4.78 is 43.6. The number of amides is 2. The highest BCUT2D eigenvalue weighted by molar-refractivity contribution is 5.89. The molecule has 1 heterocycles. The van der Waals surface area contributed by atoms with E-state index in [0.29, 0.717) is 16.3 Å². The second-order valence-electron chi connectivity index (χ2n) is 5.18. The van der Waals surface area contributed by atoms with Gasteiger partial charge in [0.15, 0.2) is 0 Å². The highest BCUT2D eigenvalue weighted by Crippen LogP contribution is 2.29. The number of carbonyl (C=O) groups excluding carboxylic acids is 2. The van der Waals surface area contributed by atoms with Crippen molar-refractivity contribution >= 4 is 17.5 Å². The molecule has 23 heavy (non-hydrogen) atoms. The smallest absolute Gasteiger partial charge is 0.471 e. The van der Waals surface area contributed by atoms with E-state index in [4.69, 9.17) is 10.5 Å². The molecule has 1 aromatic rings. The number of hydrogen-bond acceptors (Lipinski definition) is 4. The molecule has 6 nitrogen and oxygen atoms in total. The summed E-state index contributed by atoms with van der Waals surface area (Å²) in [5.74, 6) is -2.55. The zero-order chi connectivity index (χ0) is 17.2. The van der Waals surface area contributed by atoms with Gasteiger partial charge in [-0.25, -0.2) is 0 Å². The van der Waals surface area contributed by atoms with Crippen molar-refractivity contribution in [3.63, 3.8) is 0 Å². The lowest BCUT2D eigenvalue weighted by atomic mass is 10.1. The van der Waals surface area contributed by atoms with Crippen LogP contribution in [0, 0.1) is 0 Å². The van der Waals surface area contributed by atoms with Crippen molar-refractivity contribution in [3.05, 3.63) is 24.3 Å². The van der Waals surface area contributed by atoms with Crippen LogP contribution in [0.3, 0.4) is 0 Å². The molecule has 3 N–H and O–H groups in total. The van der Waals surface area contributed by atoms with Gasteiger partial charge in [-0.15, -0.1) is 0 Å². The molecule has 0 fully saturated rings. The number of halogens is 3. The van der Waals surface area contributed by atoms with Crippen LogP contribution in [-0.2, 0) is 9.59 Å². The van der Waals surface area contributed by atoms with Crippen LogP contribution >= 0.6 is 0 Å². The van der Waals surface area contributed by atoms with Crippen molar-refractivity contribution in [2.75, 3.05) is 18.5 Å². The molecule has 0 radical (unpaired) electrons. The fourth-order valence-corrected chi connectivity index (χ4v) is 2.23. The number of anilines is 1. The molecule has 0 saturated heterocycles. The van der Waals surface area contributed by atoms with Crippen molar-refractivity contribution in [2.24, 2.45) is 5.73 Å². The molecule has 126 valence electrons. The Labute approximate surface area is 130 Å². The summed E-state index contributed by atoms with van der Waals surface area (Å²) >= 11 is 0. The Morgan fingerprint density at radius 3 is 2.70 bits per heavy atom. The third-order valence-electron chi connectivity index (χ3n) is 3.49. The van der Waals surface area contributed by atoms with Gasteiger partial charge in [0.2, 0.25) is 5.91 Å². The first-order valence-corrected chi connectivity index (χ1v) is 6.85. The highest BCUT2D eigenvalue weighted by Gasteiger charge is 2.45. The van der Waals surface area contributed by atoms with E-state index in [1.165, 1.54) is 0 Å². The van der Waals surface area contributed by atoms with Crippen molar-refractivity contribution in [1.82, 2.24) is 4.90 Å². The van der Waals surface area contributed by atoms with Gasteiger partial charge >= 0.3 is 12.1 Å². The van der Waals surface area contributed by atoms with Crippen molar-refractivity contribution in [1.29, 1.82) is 0 Å². The van der Waals surface area contributed by atoms with Gasteiger partial charge in [-0.05, 0) is 19.1 Å². The summed E-state index contributed by atoms with van der Waals surface area (Å²) in [5.41, 5.74) is 5.65. The number of nitrogens with one attached hydrogen (secondary N) is 1. The standard InChI is InChI=1S/C14H16F3N3O3/c1-8(12(18)21)20(13(22)14(15,16)17)6-9-7-23-11-5-3-2-4-10(11)19-9/h2-5,8-9,19H,6-7H2,1H3,(H2,18,21). The van der Waals surface area contributed by atoms with Gasteiger partial charge in [-0.2, -0.15) is 13.2 Å². The average Bonchev–Trinajstić information content (AvgIpc) is 2.50. The number of para-hydroxylation sites is 2. The van der Waals surface area contributed by atoms with Gasteiger partial charge in [-0.1, -0.05) is 12.1 Å². The molecule has 1 aliphatic rings. The maximum absolute atomic E-state index is 12.7. The molecule has 0 saturated carbocycles. The Kier molecular flexibility index (Phi) is 4.67. The zero-order valence-electron chi connectivity index (χ0n) is 12.3. The number of nitrogens with two attached hydrogens (primary N) is 1. The van der Waals surface area contributed by atoms with E-state index >= 15 is 0 Å². The van der Waals surface area contributed by atoms with E-state index in [1.807, 2.05) is 0 Å². The van der Waals surface area contributed by atoms with Crippen LogP contribution in [-0.4, -0.2) is 48.1 Å². The minimum Gasteiger partial charge on any atom is -0.489 e. The normalized spacial score (nSPS) is 18.2. The number of ether oxygens (including phenoxy) is 1. The number of benzene rings is 1. The Morgan fingerprint density at radius 1 is 1.43 bits per heavy atom. The van der Waals surface area contributed by atoms with Crippen molar-refractivity contribution < 1.29 is 27.5 Å². The van der Waals surface area contributed by atoms with Crippen LogP contribution in [0.15, 0.2) is 24.3 Å².